The Morgan fingerprint density at radius 2 is 2.36 bits per heavy atom. The average Bonchev–Trinajstić information content (AvgIpc) is 2.59. The zero-order valence-electron chi connectivity index (χ0n) is 8.03. The van der Waals surface area contributed by atoms with Gasteiger partial charge in [0, 0.05) is 34.9 Å². The molecule has 1 aliphatic heterocycles. The minimum Gasteiger partial charge on any atom is -0.338 e. The number of quaternary nitrogens is 1. The lowest BCUT2D eigenvalue weighted by atomic mass is 10.1. The van der Waals surface area contributed by atoms with Crippen molar-refractivity contribution < 1.29 is 9.28 Å². The van der Waals surface area contributed by atoms with Gasteiger partial charge in [-0.15, -0.1) is 5.26 Å². The number of hydrogen-bond acceptors (Lipinski definition) is 2. The van der Waals surface area contributed by atoms with E-state index in [1.165, 1.54) is 0 Å². The van der Waals surface area contributed by atoms with Gasteiger partial charge in [-0.05, 0) is 6.42 Å². The number of nitrogens with one attached hydrogen (secondary N) is 1. The SMILES string of the molecule is C[N+]1(C#N)CC2CCC1C2NC(=O)I. The Bertz CT molecular complexity index is 314. The van der Waals surface area contributed by atoms with E-state index in [0.29, 0.717) is 16.4 Å². The molecule has 4 unspecified atom stereocenters. The first kappa shape index (κ1) is 10.2. The molecule has 0 aromatic rings. The van der Waals surface area contributed by atoms with Crippen molar-refractivity contribution in [2.24, 2.45) is 5.92 Å². The summed E-state index contributed by atoms with van der Waals surface area (Å²) in [6.07, 6.45) is 4.58. The molecule has 1 aliphatic carbocycles. The molecule has 5 heteroatoms. The number of carbonyl (C=O) groups excluding carboxylic acids is 1. The Labute approximate surface area is 97.0 Å². The van der Waals surface area contributed by atoms with Crippen LogP contribution < -0.4 is 5.32 Å². The molecule has 2 rings (SSSR count). The molecular weight excluding hydrogens is 293 g/mol. The highest BCUT2D eigenvalue weighted by atomic mass is 127. The van der Waals surface area contributed by atoms with Gasteiger partial charge in [-0.1, -0.05) is 0 Å². The lowest BCUT2D eigenvalue weighted by molar-refractivity contribution is -0.863. The van der Waals surface area contributed by atoms with Crippen LogP contribution in [0.3, 0.4) is 0 Å². The van der Waals surface area contributed by atoms with Crippen LogP contribution >= 0.6 is 22.6 Å². The normalized spacial score (nSPS) is 44.8. The topological polar surface area (TPSA) is 52.9 Å². The molecule has 2 bridgehead atoms. The first-order valence-electron chi connectivity index (χ1n) is 4.79. The third-order valence-electron chi connectivity index (χ3n) is 3.61. The standard InChI is InChI=1S/C9H12IN3O/c1-13(5-11)4-6-2-3-7(13)8(6)12-9(10)14/h6-8H,2-4H2,1H3/p+1. The smallest absolute Gasteiger partial charge is 0.308 e. The highest BCUT2D eigenvalue weighted by Crippen LogP contribution is 2.41. The van der Waals surface area contributed by atoms with Gasteiger partial charge in [0.25, 0.3) is 3.91 Å². The molecule has 1 N–H and O–H groups in total. The van der Waals surface area contributed by atoms with Crippen LogP contribution in [0.15, 0.2) is 0 Å². The molecule has 4 nitrogen and oxygen atoms in total. The molecule has 14 heavy (non-hydrogen) atoms. The van der Waals surface area contributed by atoms with Crippen molar-refractivity contribution in [2.45, 2.75) is 24.9 Å². The number of nitriles is 1. The summed E-state index contributed by atoms with van der Waals surface area (Å²) in [5.74, 6) is 0.503. The van der Waals surface area contributed by atoms with Gasteiger partial charge in [0.05, 0.1) is 19.6 Å². The van der Waals surface area contributed by atoms with E-state index in [9.17, 15) is 4.79 Å². The zero-order valence-corrected chi connectivity index (χ0v) is 10.2. The number of hydrogen-bond donors (Lipinski definition) is 1. The minimum atomic E-state index is -0.00381. The van der Waals surface area contributed by atoms with E-state index in [-0.39, 0.29) is 9.96 Å². The predicted octanol–water partition coefficient (Wildman–Crippen LogP) is 1.22. The Hall–Kier alpha value is -0.350. The number of amides is 1. The summed E-state index contributed by atoms with van der Waals surface area (Å²) in [5.41, 5.74) is 0. The fraction of sp³-hybridized carbons (Fsp3) is 0.778. The van der Waals surface area contributed by atoms with Crippen molar-refractivity contribution in [1.82, 2.24) is 5.32 Å². The van der Waals surface area contributed by atoms with Crippen molar-refractivity contribution in [3.8, 4) is 6.19 Å². The second-order valence-electron chi connectivity index (χ2n) is 4.40. The van der Waals surface area contributed by atoms with E-state index in [4.69, 9.17) is 5.26 Å². The molecule has 1 saturated carbocycles. The molecule has 2 fully saturated rings. The van der Waals surface area contributed by atoms with E-state index in [1.807, 2.05) is 7.05 Å². The van der Waals surface area contributed by atoms with Crippen LogP contribution in [0.4, 0.5) is 4.79 Å². The van der Waals surface area contributed by atoms with Crippen LogP contribution in [0.25, 0.3) is 0 Å². The van der Waals surface area contributed by atoms with Crippen molar-refractivity contribution in [1.29, 1.82) is 5.26 Å². The van der Waals surface area contributed by atoms with Crippen LogP contribution in [0, 0.1) is 17.4 Å². The Balaban J connectivity index is 2.17. The number of halogens is 1. The first-order chi connectivity index (χ1) is 6.57. The summed E-state index contributed by atoms with van der Waals surface area (Å²) in [6.45, 7) is 0.892. The van der Waals surface area contributed by atoms with Crippen molar-refractivity contribution in [3.05, 3.63) is 0 Å². The lowest BCUT2D eigenvalue weighted by Gasteiger charge is -2.29. The van der Waals surface area contributed by atoms with Crippen molar-refractivity contribution in [2.75, 3.05) is 13.6 Å². The number of rotatable bonds is 1. The minimum absolute atomic E-state index is 0.00381. The van der Waals surface area contributed by atoms with Crippen LogP contribution in [0.1, 0.15) is 12.8 Å². The van der Waals surface area contributed by atoms with Crippen molar-refractivity contribution in [3.63, 3.8) is 0 Å². The number of piperidine rings is 1. The van der Waals surface area contributed by atoms with Crippen LogP contribution in [-0.2, 0) is 0 Å². The molecular formula is C9H13IN3O+. The summed E-state index contributed by atoms with van der Waals surface area (Å²) in [6, 6.07) is 0.535. The fourth-order valence-electron chi connectivity index (χ4n) is 2.98. The molecule has 4 atom stereocenters. The molecule has 0 aromatic carbocycles. The summed E-state index contributed by atoms with van der Waals surface area (Å²) in [4.78, 5) is 11.0. The molecule has 2 aliphatic rings. The van der Waals surface area contributed by atoms with Crippen LogP contribution in [0.2, 0.25) is 0 Å². The molecule has 0 aromatic heterocycles. The number of likely N-dealkylation sites (N-methyl/N-ethyl adjacent to an activating group) is 1. The van der Waals surface area contributed by atoms with Gasteiger partial charge in [-0.25, -0.2) is 4.48 Å². The lowest BCUT2D eigenvalue weighted by Crippen LogP contribution is -2.49. The van der Waals surface area contributed by atoms with E-state index in [0.717, 1.165) is 19.4 Å². The highest BCUT2D eigenvalue weighted by molar-refractivity contribution is 14.1. The summed E-state index contributed by atoms with van der Waals surface area (Å²) >= 11 is 1.76. The van der Waals surface area contributed by atoms with Gasteiger partial charge < -0.3 is 5.32 Å². The van der Waals surface area contributed by atoms with Gasteiger partial charge in [-0.2, -0.15) is 0 Å². The second-order valence-corrected chi connectivity index (χ2v) is 5.38. The van der Waals surface area contributed by atoms with Gasteiger partial charge in [0.1, 0.15) is 6.04 Å². The van der Waals surface area contributed by atoms with E-state index in [2.05, 4.69) is 11.5 Å². The third kappa shape index (κ3) is 1.41. The Morgan fingerprint density at radius 3 is 2.86 bits per heavy atom. The fourth-order valence-corrected chi connectivity index (χ4v) is 3.34. The summed E-state index contributed by atoms with van der Waals surface area (Å²) in [7, 11) is 1.97. The van der Waals surface area contributed by atoms with Gasteiger partial charge >= 0.3 is 6.19 Å². The van der Waals surface area contributed by atoms with Gasteiger partial charge in [-0.3, -0.25) is 4.79 Å². The largest absolute Gasteiger partial charge is 0.338 e. The van der Waals surface area contributed by atoms with Crippen LogP contribution in [0.5, 0.6) is 0 Å². The maximum absolute atomic E-state index is 11.0. The Kier molecular flexibility index (Phi) is 2.43. The molecule has 1 amide bonds. The third-order valence-corrected chi connectivity index (χ3v) is 3.92. The van der Waals surface area contributed by atoms with E-state index < -0.39 is 0 Å². The second kappa shape index (κ2) is 3.35. The molecule has 1 saturated heterocycles. The maximum atomic E-state index is 11.0. The molecule has 76 valence electrons. The highest BCUT2D eigenvalue weighted by Gasteiger charge is 2.57. The number of fused-ring (bicyclic) bond motifs is 2. The zero-order chi connectivity index (χ0) is 10.3. The summed E-state index contributed by atoms with van der Waals surface area (Å²) in [5, 5.41) is 12.1. The predicted molar refractivity (Wildman–Crippen MR) is 59.5 cm³/mol. The van der Waals surface area contributed by atoms with E-state index in [1.54, 1.807) is 22.6 Å². The van der Waals surface area contributed by atoms with Crippen LogP contribution in [-0.4, -0.2) is 34.1 Å². The number of nitrogens with zero attached hydrogens (tertiary/aromatic N) is 2. The Morgan fingerprint density at radius 1 is 1.64 bits per heavy atom. The van der Waals surface area contributed by atoms with Gasteiger partial charge in [0.15, 0.2) is 0 Å². The molecule has 0 spiro atoms. The van der Waals surface area contributed by atoms with Crippen molar-refractivity contribution >= 4 is 26.5 Å². The maximum Gasteiger partial charge on any atom is 0.308 e. The average molecular weight is 306 g/mol. The molecule has 1 heterocycles. The van der Waals surface area contributed by atoms with E-state index >= 15 is 0 Å². The number of likely N-dealkylation sites (tertiary alicyclic amines) is 1. The molecule has 0 radical (unpaired) electrons. The monoisotopic (exact) mass is 306 g/mol. The van der Waals surface area contributed by atoms with Gasteiger partial charge in [0.2, 0.25) is 0 Å². The quantitative estimate of drug-likeness (QED) is 0.260. The number of carbonyl (C=O) groups is 1. The summed E-state index contributed by atoms with van der Waals surface area (Å²) < 4.78 is 0.461. The first-order valence-corrected chi connectivity index (χ1v) is 5.87.